The number of nitrogens with two attached hydrogens (primary N) is 1. The molecule has 0 aliphatic rings. The maximum Gasteiger partial charge on any atom is 0.351 e. The highest BCUT2D eigenvalue weighted by Crippen LogP contribution is 1.86. The Hall–Kier alpha value is -1.17. The van der Waals surface area contributed by atoms with E-state index in [9.17, 15) is 4.79 Å². The van der Waals surface area contributed by atoms with E-state index in [1.54, 1.807) is 0 Å². The first kappa shape index (κ1) is 11.8. The summed E-state index contributed by atoms with van der Waals surface area (Å²) in [5, 5.41) is 3.45. The summed E-state index contributed by atoms with van der Waals surface area (Å²) in [5.41, 5.74) is 7.30. The second-order valence-electron chi connectivity index (χ2n) is 2.26. The number of rotatable bonds is 5. The first-order valence-corrected chi connectivity index (χ1v) is 4.33. The van der Waals surface area contributed by atoms with Crippen LogP contribution in [0.1, 0.15) is 19.8 Å². The Morgan fingerprint density at radius 3 is 3.00 bits per heavy atom. The molecule has 3 N–H and O–H groups in total. The Morgan fingerprint density at radius 2 is 2.46 bits per heavy atom. The number of hydrazone groups is 1. The molecule has 0 rings (SSSR count). The first-order valence-electron chi connectivity index (χ1n) is 3.92. The van der Waals surface area contributed by atoms with Crippen LogP contribution in [0.3, 0.4) is 0 Å². The second-order valence-corrected chi connectivity index (χ2v) is 2.70. The summed E-state index contributed by atoms with van der Waals surface area (Å²) in [5.74, 6) is -0.503. The Labute approximate surface area is 82.3 Å². The maximum atomic E-state index is 10.8. The Bertz CT molecular complexity index is 206. The van der Waals surface area contributed by atoms with Gasteiger partial charge in [-0.3, -0.25) is 5.43 Å². The SMILES string of the molecule is CCCCOC(=O)/C=N/NC(N)=S. The van der Waals surface area contributed by atoms with Crippen molar-refractivity contribution in [1.29, 1.82) is 0 Å². The van der Waals surface area contributed by atoms with E-state index in [2.05, 4.69) is 22.7 Å². The minimum Gasteiger partial charge on any atom is -0.461 e. The van der Waals surface area contributed by atoms with Crippen LogP contribution in [-0.2, 0) is 9.53 Å². The van der Waals surface area contributed by atoms with Crippen LogP contribution in [0.4, 0.5) is 0 Å². The fraction of sp³-hybridized carbons (Fsp3) is 0.571. The Morgan fingerprint density at radius 1 is 1.77 bits per heavy atom. The van der Waals surface area contributed by atoms with Gasteiger partial charge in [0.05, 0.1) is 6.61 Å². The monoisotopic (exact) mass is 203 g/mol. The maximum absolute atomic E-state index is 10.8. The zero-order chi connectivity index (χ0) is 10.1. The highest BCUT2D eigenvalue weighted by atomic mass is 32.1. The van der Waals surface area contributed by atoms with E-state index in [0.29, 0.717) is 6.61 Å². The van der Waals surface area contributed by atoms with Crippen LogP contribution in [0, 0.1) is 0 Å². The van der Waals surface area contributed by atoms with E-state index in [1.165, 1.54) is 0 Å². The van der Waals surface area contributed by atoms with E-state index < -0.39 is 5.97 Å². The normalized spacial score (nSPS) is 9.92. The molecule has 0 unspecified atom stereocenters. The lowest BCUT2D eigenvalue weighted by Gasteiger charge is -1.98. The van der Waals surface area contributed by atoms with Crippen molar-refractivity contribution in [2.24, 2.45) is 10.8 Å². The minimum atomic E-state index is -0.503. The molecule has 0 spiro atoms. The van der Waals surface area contributed by atoms with Gasteiger partial charge in [-0.1, -0.05) is 13.3 Å². The van der Waals surface area contributed by atoms with E-state index in [1.807, 2.05) is 6.92 Å². The number of hydrogen-bond donors (Lipinski definition) is 2. The molecule has 0 amide bonds. The number of ether oxygens (including phenoxy) is 1. The lowest BCUT2D eigenvalue weighted by atomic mass is 10.4. The molecule has 0 heterocycles. The summed E-state index contributed by atoms with van der Waals surface area (Å²) in [6.45, 7) is 2.42. The Kier molecular flexibility index (Phi) is 6.80. The summed E-state index contributed by atoms with van der Waals surface area (Å²) in [6.07, 6.45) is 2.83. The number of carbonyl (C=O) groups excluding carboxylic acids is 1. The van der Waals surface area contributed by atoms with Crippen LogP contribution in [0.2, 0.25) is 0 Å². The van der Waals surface area contributed by atoms with Gasteiger partial charge in [0.25, 0.3) is 0 Å². The highest BCUT2D eigenvalue weighted by Gasteiger charge is 1.95. The summed E-state index contributed by atoms with van der Waals surface area (Å²) in [6, 6.07) is 0. The number of carbonyl (C=O) groups is 1. The van der Waals surface area contributed by atoms with Gasteiger partial charge in [-0.05, 0) is 18.6 Å². The second kappa shape index (κ2) is 7.48. The quantitative estimate of drug-likeness (QED) is 0.219. The van der Waals surface area contributed by atoms with E-state index >= 15 is 0 Å². The molecule has 0 saturated heterocycles. The molecule has 0 saturated carbocycles. The van der Waals surface area contributed by atoms with Crippen LogP contribution in [0.25, 0.3) is 0 Å². The van der Waals surface area contributed by atoms with Gasteiger partial charge >= 0.3 is 5.97 Å². The molecule has 0 aliphatic carbocycles. The van der Waals surface area contributed by atoms with Gasteiger partial charge in [0.2, 0.25) is 0 Å². The standard InChI is InChI=1S/C7H13N3O2S/c1-2-3-4-12-6(11)5-9-10-7(8)13/h5H,2-4H2,1H3,(H3,8,10,13)/b9-5+. The molecule has 5 nitrogen and oxygen atoms in total. The molecule has 6 heteroatoms. The van der Waals surface area contributed by atoms with Crippen molar-refractivity contribution in [2.45, 2.75) is 19.8 Å². The van der Waals surface area contributed by atoms with Crippen molar-refractivity contribution in [3.05, 3.63) is 0 Å². The molecular formula is C7H13N3O2S. The highest BCUT2D eigenvalue weighted by molar-refractivity contribution is 7.80. The summed E-state index contributed by atoms with van der Waals surface area (Å²) >= 11 is 4.45. The van der Waals surface area contributed by atoms with E-state index in [4.69, 9.17) is 10.5 Å². The van der Waals surface area contributed by atoms with Crippen molar-refractivity contribution >= 4 is 29.5 Å². The fourth-order valence-corrected chi connectivity index (χ4v) is 0.556. The van der Waals surface area contributed by atoms with Gasteiger partial charge < -0.3 is 10.5 Å². The first-order chi connectivity index (χ1) is 6.16. The van der Waals surface area contributed by atoms with Gasteiger partial charge in [0, 0.05) is 0 Å². The number of unbranched alkanes of at least 4 members (excludes halogenated alkanes) is 1. The number of thiocarbonyl (C=S) groups is 1. The number of nitrogens with one attached hydrogen (secondary N) is 1. The average Bonchev–Trinajstić information content (AvgIpc) is 2.04. The third-order valence-corrected chi connectivity index (χ3v) is 1.18. The van der Waals surface area contributed by atoms with Gasteiger partial charge in [-0.2, -0.15) is 5.10 Å². The van der Waals surface area contributed by atoms with Crippen molar-refractivity contribution in [1.82, 2.24) is 5.43 Å². The van der Waals surface area contributed by atoms with Crippen LogP contribution < -0.4 is 11.2 Å². The van der Waals surface area contributed by atoms with Crippen LogP contribution in [0.5, 0.6) is 0 Å². The molecular weight excluding hydrogens is 190 g/mol. The lowest BCUT2D eigenvalue weighted by molar-refractivity contribution is -0.135. The summed E-state index contributed by atoms with van der Waals surface area (Å²) < 4.78 is 4.75. The smallest absolute Gasteiger partial charge is 0.351 e. The predicted molar refractivity (Wildman–Crippen MR) is 54.3 cm³/mol. The molecule has 0 atom stereocenters. The summed E-state index contributed by atoms with van der Waals surface area (Å²) in [7, 11) is 0. The van der Waals surface area contributed by atoms with Gasteiger partial charge in [0.15, 0.2) is 5.11 Å². The van der Waals surface area contributed by atoms with Crippen LogP contribution >= 0.6 is 12.2 Å². The average molecular weight is 203 g/mol. The third kappa shape index (κ3) is 8.74. The molecule has 0 aromatic heterocycles. The lowest BCUT2D eigenvalue weighted by Crippen LogP contribution is -2.24. The minimum absolute atomic E-state index is 0.0117. The number of hydrogen-bond acceptors (Lipinski definition) is 4. The number of esters is 1. The van der Waals surface area contributed by atoms with Crippen molar-refractivity contribution in [3.63, 3.8) is 0 Å². The molecule has 74 valence electrons. The van der Waals surface area contributed by atoms with Crippen LogP contribution in [-0.4, -0.2) is 23.9 Å². The zero-order valence-corrected chi connectivity index (χ0v) is 8.26. The van der Waals surface area contributed by atoms with Gasteiger partial charge in [-0.15, -0.1) is 0 Å². The van der Waals surface area contributed by atoms with Crippen molar-refractivity contribution in [2.75, 3.05) is 6.61 Å². The van der Waals surface area contributed by atoms with Gasteiger partial charge in [-0.25, -0.2) is 4.79 Å². The topological polar surface area (TPSA) is 76.7 Å². The summed E-state index contributed by atoms with van der Waals surface area (Å²) in [4.78, 5) is 10.8. The predicted octanol–water partition coefficient (Wildman–Crippen LogP) is 0.149. The largest absolute Gasteiger partial charge is 0.461 e. The molecule has 13 heavy (non-hydrogen) atoms. The third-order valence-electron chi connectivity index (χ3n) is 1.09. The number of nitrogens with zero attached hydrogens (tertiary/aromatic N) is 1. The molecule has 0 fully saturated rings. The zero-order valence-electron chi connectivity index (χ0n) is 7.45. The van der Waals surface area contributed by atoms with E-state index in [-0.39, 0.29) is 5.11 Å². The molecule has 0 aromatic rings. The fourth-order valence-electron chi connectivity index (χ4n) is 0.503. The van der Waals surface area contributed by atoms with Gasteiger partial charge in [0.1, 0.15) is 6.21 Å². The molecule has 0 aliphatic heterocycles. The van der Waals surface area contributed by atoms with E-state index in [0.717, 1.165) is 19.1 Å². The Balaban J connectivity index is 3.49. The molecule has 0 aromatic carbocycles. The molecule has 0 radical (unpaired) electrons. The van der Waals surface area contributed by atoms with Crippen LogP contribution in [0.15, 0.2) is 5.10 Å². The van der Waals surface area contributed by atoms with Crippen molar-refractivity contribution in [3.8, 4) is 0 Å². The van der Waals surface area contributed by atoms with Crippen molar-refractivity contribution < 1.29 is 9.53 Å². The molecule has 0 bridgehead atoms.